The molecule has 0 radical (unpaired) electrons. The lowest BCUT2D eigenvalue weighted by Gasteiger charge is -2.22. The summed E-state index contributed by atoms with van der Waals surface area (Å²) in [4.78, 5) is 12.1. The van der Waals surface area contributed by atoms with Gasteiger partial charge in [-0.1, -0.05) is 37.5 Å². The summed E-state index contributed by atoms with van der Waals surface area (Å²) in [6.07, 6.45) is 6.45. The van der Waals surface area contributed by atoms with Gasteiger partial charge in [-0.25, -0.2) is 0 Å². The number of amides is 1. The highest BCUT2D eigenvalue weighted by atomic mass is 16.5. The van der Waals surface area contributed by atoms with Crippen molar-refractivity contribution in [1.82, 2.24) is 10.5 Å². The number of nitrogens with zero attached hydrogens (tertiary/aromatic N) is 1. The first-order chi connectivity index (χ1) is 11.8. The highest BCUT2D eigenvalue weighted by molar-refractivity contribution is 6.02. The van der Waals surface area contributed by atoms with Crippen LogP contribution in [0.2, 0.25) is 0 Å². The second-order valence-electron chi connectivity index (χ2n) is 5.99. The maximum Gasteiger partial charge on any atom is 0.294 e. The zero-order chi connectivity index (χ0) is 16.6. The summed E-state index contributed by atoms with van der Waals surface area (Å²) in [5, 5.41) is 10.0. The molecular formula is C18H23N3O3. The van der Waals surface area contributed by atoms with Gasteiger partial charge in [0.1, 0.15) is 6.61 Å². The molecule has 0 unspecified atom stereocenters. The molecule has 0 saturated heterocycles. The predicted molar refractivity (Wildman–Crippen MR) is 91.3 cm³/mol. The Balaban J connectivity index is 1.41. The minimum atomic E-state index is -0.344. The normalized spacial score (nSPS) is 15.2. The minimum absolute atomic E-state index is 0.133. The molecule has 128 valence electrons. The molecule has 1 fully saturated rings. The number of para-hydroxylation sites is 1. The monoisotopic (exact) mass is 329 g/mol. The second-order valence-corrected chi connectivity index (χ2v) is 5.99. The van der Waals surface area contributed by atoms with E-state index in [-0.39, 0.29) is 11.7 Å². The summed E-state index contributed by atoms with van der Waals surface area (Å²) in [6, 6.07) is 11.3. The molecule has 1 aliphatic carbocycles. The maximum absolute atomic E-state index is 12.1. The lowest BCUT2D eigenvalue weighted by atomic mass is 9.96. The second kappa shape index (κ2) is 8.49. The molecular weight excluding hydrogens is 306 g/mol. The highest BCUT2D eigenvalue weighted by Gasteiger charge is 2.15. The molecule has 0 spiro atoms. The van der Waals surface area contributed by atoms with Gasteiger partial charge in [-0.05, 0) is 30.1 Å². The third-order valence-corrected chi connectivity index (χ3v) is 4.13. The number of anilines is 1. The van der Waals surface area contributed by atoms with Crippen molar-refractivity contribution in [2.75, 3.05) is 18.5 Å². The van der Waals surface area contributed by atoms with E-state index in [2.05, 4.69) is 15.8 Å². The summed E-state index contributed by atoms with van der Waals surface area (Å²) in [7, 11) is 0. The Morgan fingerprint density at radius 2 is 2.00 bits per heavy atom. The van der Waals surface area contributed by atoms with Crippen molar-refractivity contribution in [3.05, 3.63) is 42.2 Å². The van der Waals surface area contributed by atoms with E-state index in [1.807, 2.05) is 30.3 Å². The number of rotatable bonds is 7. The minimum Gasteiger partial charge on any atom is -0.474 e. The van der Waals surface area contributed by atoms with Crippen LogP contribution in [0.4, 0.5) is 5.69 Å². The van der Waals surface area contributed by atoms with Gasteiger partial charge in [0.25, 0.3) is 11.8 Å². The fourth-order valence-electron chi connectivity index (χ4n) is 2.87. The Morgan fingerprint density at radius 3 is 2.79 bits per heavy atom. The van der Waals surface area contributed by atoms with E-state index >= 15 is 0 Å². The predicted octanol–water partition coefficient (Wildman–Crippen LogP) is 3.23. The molecule has 0 aliphatic heterocycles. The molecule has 1 amide bonds. The zero-order valence-corrected chi connectivity index (χ0v) is 13.7. The lowest BCUT2D eigenvalue weighted by Crippen LogP contribution is -2.34. The Bertz CT molecular complexity index is 636. The molecule has 2 aromatic rings. The Morgan fingerprint density at radius 1 is 1.21 bits per heavy atom. The van der Waals surface area contributed by atoms with Gasteiger partial charge in [-0.3, -0.25) is 4.79 Å². The van der Waals surface area contributed by atoms with Gasteiger partial charge in [0.15, 0.2) is 0 Å². The molecule has 1 aromatic carbocycles. The molecule has 24 heavy (non-hydrogen) atoms. The van der Waals surface area contributed by atoms with Crippen molar-refractivity contribution in [2.45, 2.75) is 38.1 Å². The van der Waals surface area contributed by atoms with Crippen LogP contribution in [0.15, 0.2) is 40.9 Å². The average Bonchev–Trinajstić information content (AvgIpc) is 3.10. The van der Waals surface area contributed by atoms with Crippen molar-refractivity contribution in [2.24, 2.45) is 0 Å². The summed E-state index contributed by atoms with van der Waals surface area (Å²) >= 11 is 0. The zero-order valence-electron chi connectivity index (χ0n) is 13.7. The van der Waals surface area contributed by atoms with Crippen molar-refractivity contribution in [1.29, 1.82) is 0 Å². The Hall–Kier alpha value is -2.34. The van der Waals surface area contributed by atoms with E-state index in [9.17, 15) is 4.79 Å². The molecule has 6 nitrogen and oxygen atoms in total. The number of ether oxygens (including phenoxy) is 1. The van der Waals surface area contributed by atoms with Gasteiger partial charge in [-0.15, -0.1) is 0 Å². The molecule has 0 bridgehead atoms. The first-order valence-corrected chi connectivity index (χ1v) is 8.50. The fourth-order valence-corrected chi connectivity index (χ4v) is 2.87. The quantitative estimate of drug-likeness (QED) is 0.763. The summed E-state index contributed by atoms with van der Waals surface area (Å²) in [5.74, 6) is 0.122. The number of carbonyl (C=O) groups excluding carboxylic acids is 1. The van der Waals surface area contributed by atoms with Crippen LogP contribution in [0.25, 0.3) is 0 Å². The third-order valence-electron chi connectivity index (χ3n) is 4.13. The van der Waals surface area contributed by atoms with Crippen LogP contribution in [0, 0.1) is 0 Å². The van der Waals surface area contributed by atoms with Crippen molar-refractivity contribution >= 4 is 11.6 Å². The Kier molecular flexibility index (Phi) is 5.85. The first kappa shape index (κ1) is 16.5. The van der Waals surface area contributed by atoms with Gasteiger partial charge in [-0.2, -0.15) is 0 Å². The first-order valence-electron chi connectivity index (χ1n) is 8.50. The van der Waals surface area contributed by atoms with E-state index in [1.165, 1.54) is 38.2 Å². The number of benzene rings is 1. The van der Waals surface area contributed by atoms with E-state index in [0.717, 1.165) is 6.54 Å². The number of hydrogen-bond acceptors (Lipinski definition) is 5. The van der Waals surface area contributed by atoms with Crippen LogP contribution in [-0.4, -0.2) is 30.3 Å². The van der Waals surface area contributed by atoms with E-state index in [1.54, 1.807) is 0 Å². The van der Waals surface area contributed by atoms with E-state index < -0.39 is 0 Å². The van der Waals surface area contributed by atoms with Gasteiger partial charge in [0, 0.05) is 18.3 Å². The SMILES string of the molecule is O=C(Nc1ccccc1)c1cc(OCCNC2CCCCC2)no1. The lowest BCUT2D eigenvalue weighted by molar-refractivity contribution is 0.0987. The van der Waals surface area contributed by atoms with E-state index in [0.29, 0.717) is 24.2 Å². The number of nitrogens with one attached hydrogen (secondary N) is 2. The highest BCUT2D eigenvalue weighted by Crippen LogP contribution is 2.17. The van der Waals surface area contributed by atoms with E-state index in [4.69, 9.17) is 9.26 Å². The molecule has 1 aliphatic rings. The molecule has 1 aromatic heterocycles. The Labute approximate surface area is 141 Å². The van der Waals surface area contributed by atoms with Crippen LogP contribution in [0.1, 0.15) is 42.7 Å². The van der Waals surface area contributed by atoms with Crippen molar-refractivity contribution < 1.29 is 14.1 Å². The maximum atomic E-state index is 12.1. The molecule has 1 heterocycles. The third kappa shape index (κ3) is 4.83. The number of carbonyl (C=O) groups is 1. The van der Waals surface area contributed by atoms with Crippen LogP contribution < -0.4 is 15.4 Å². The van der Waals surface area contributed by atoms with Gasteiger partial charge in [0.05, 0.1) is 6.07 Å². The number of hydrogen-bond donors (Lipinski definition) is 2. The smallest absolute Gasteiger partial charge is 0.294 e. The molecule has 3 rings (SSSR count). The summed E-state index contributed by atoms with van der Waals surface area (Å²) < 4.78 is 10.6. The van der Waals surface area contributed by atoms with Crippen LogP contribution >= 0.6 is 0 Å². The average molecular weight is 329 g/mol. The molecule has 0 atom stereocenters. The van der Waals surface area contributed by atoms with Gasteiger partial charge < -0.3 is 19.9 Å². The van der Waals surface area contributed by atoms with Crippen LogP contribution in [-0.2, 0) is 0 Å². The van der Waals surface area contributed by atoms with Crippen molar-refractivity contribution in [3.8, 4) is 5.88 Å². The topological polar surface area (TPSA) is 76.4 Å². The largest absolute Gasteiger partial charge is 0.474 e. The van der Waals surface area contributed by atoms with Crippen LogP contribution in [0.3, 0.4) is 0 Å². The standard InChI is InChI=1S/C18H23N3O3/c22-18(20-15-9-5-2-6-10-15)16-13-17(21-24-16)23-12-11-19-14-7-3-1-4-8-14/h2,5-6,9-10,13-14,19H,1,3-4,7-8,11-12H2,(H,20,22). The fraction of sp³-hybridized carbons (Fsp3) is 0.444. The molecule has 1 saturated carbocycles. The van der Waals surface area contributed by atoms with Crippen molar-refractivity contribution in [3.63, 3.8) is 0 Å². The summed E-state index contributed by atoms with van der Waals surface area (Å²) in [6.45, 7) is 1.27. The summed E-state index contributed by atoms with van der Waals surface area (Å²) in [5.41, 5.74) is 0.707. The molecule has 2 N–H and O–H groups in total. The van der Waals surface area contributed by atoms with Gasteiger partial charge >= 0.3 is 0 Å². The molecule has 6 heteroatoms. The van der Waals surface area contributed by atoms with Crippen LogP contribution in [0.5, 0.6) is 5.88 Å². The number of aromatic nitrogens is 1. The van der Waals surface area contributed by atoms with Gasteiger partial charge in [0.2, 0.25) is 5.76 Å².